The summed E-state index contributed by atoms with van der Waals surface area (Å²) in [4.78, 5) is 40.8. The lowest BCUT2D eigenvalue weighted by molar-refractivity contribution is -0.136. The minimum absolute atomic E-state index is 0.117. The fraction of sp³-hybridized carbons (Fsp3) is 0.609. The van der Waals surface area contributed by atoms with E-state index >= 15 is 0 Å². The van der Waals surface area contributed by atoms with Crippen LogP contribution in [0, 0.1) is 11.3 Å². The van der Waals surface area contributed by atoms with E-state index in [-0.39, 0.29) is 29.6 Å². The van der Waals surface area contributed by atoms with Crippen molar-refractivity contribution in [2.75, 3.05) is 32.8 Å². The molecule has 0 aliphatic carbocycles. The van der Waals surface area contributed by atoms with Crippen LogP contribution in [0.5, 0.6) is 0 Å². The molecule has 166 valence electrons. The van der Waals surface area contributed by atoms with Gasteiger partial charge in [-0.05, 0) is 54.3 Å². The fourth-order valence-electron chi connectivity index (χ4n) is 5.89. The first-order valence-corrected chi connectivity index (χ1v) is 11.3. The number of imide groups is 1. The van der Waals surface area contributed by atoms with Crippen molar-refractivity contribution in [1.82, 2.24) is 15.1 Å². The number of nitrogens with one attached hydrogen (secondary N) is 1. The molecule has 4 aliphatic rings. The fourth-order valence-corrected chi connectivity index (χ4v) is 5.89. The molecule has 3 N–H and O–H groups in total. The molecule has 5 rings (SSSR count). The molecule has 2 unspecified atom stereocenters. The normalized spacial score (nSPS) is 28.3. The number of nitrogens with two attached hydrogens (primary N) is 1. The maximum Gasteiger partial charge on any atom is 0.255 e. The zero-order chi connectivity index (χ0) is 21.6. The Morgan fingerprint density at radius 2 is 2.00 bits per heavy atom. The topological polar surface area (TPSA) is 105 Å². The molecule has 3 saturated heterocycles. The van der Waals surface area contributed by atoms with Gasteiger partial charge in [-0.1, -0.05) is 12.1 Å². The summed E-state index contributed by atoms with van der Waals surface area (Å²) in [5.74, 6) is -0.273. The number of benzene rings is 1. The average molecular weight is 427 g/mol. The first-order chi connectivity index (χ1) is 15.0. The van der Waals surface area contributed by atoms with Crippen LogP contribution in [0.15, 0.2) is 18.2 Å². The maximum atomic E-state index is 13.1. The first-order valence-electron chi connectivity index (χ1n) is 11.3. The largest absolute Gasteiger partial charge is 0.381 e. The van der Waals surface area contributed by atoms with Gasteiger partial charge < -0.3 is 15.4 Å². The Balaban J connectivity index is 1.29. The number of carbonyl (C=O) groups is 3. The minimum Gasteiger partial charge on any atom is -0.381 e. The number of piperidine rings is 1. The van der Waals surface area contributed by atoms with Gasteiger partial charge in [0, 0.05) is 51.4 Å². The standard InChI is InChI=1S/C23H30N4O4/c24-10-17-13-26(14-23(17)5-7-31-8-6-23)11-15-1-2-16-12-27(22(30)18(16)9-15)19-3-4-20(28)25-21(19)29/h1-2,9,17,19H,3-8,10-14,24H2,(H,25,28,29). The molecule has 2 atom stereocenters. The van der Waals surface area contributed by atoms with Crippen LogP contribution in [0.25, 0.3) is 0 Å². The van der Waals surface area contributed by atoms with Gasteiger partial charge in [0.05, 0.1) is 0 Å². The maximum absolute atomic E-state index is 13.1. The Bertz CT molecular complexity index is 911. The predicted molar refractivity (Wildman–Crippen MR) is 113 cm³/mol. The number of likely N-dealkylation sites (tertiary alicyclic amines) is 1. The Kier molecular flexibility index (Phi) is 5.32. The summed E-state index contributed by atoms with van der Waals surface area (Å²) in [6.45, 7) is 5.53. The van der Waals surface area contributed by atoms with Gasteiger partial charge in [-0.25, -0.2) is 0 Å². The summed E-state index contributed by atoms with van der Waals surface area (Å²) in [5, 5.41) is 2.35. The van der Waals surface area contributed by atoms with E-state index in [1.54, 1.807) is 4.90 Å². The van der Waals surface area contributed by atoms with Crippen LogP contribution < -0.4 is 11.1 Å². The Labute approximate surface area is 182 Å². The summed E-state index contributed by atoms with van der Waals surface area (Å²) < 4.78 is 5.59. The number of carbonyl (C=O) groups excluding carboxylic acids is 3. The van der Waals surface area contributed by atoms with E-state index < -0.39 is 6.04 Å². The monoisotopic (exact) mass is 426 g/mol. The van der Waals surface area contributed by atoms with E-state index in [4.69, 9.17) is 10.5 Å². The van der Waals surface area contributed by atoms with E-state index in [9.17, 15) is 14.4 Å². The van der Waals surface area contributed by atoms with E-state index in [0.29, 0.717) is 31.0 Å². The quantitative estimate of drug-likeness (QED) is 0.685. The lowest BCUT2D eigenvalue weighted by Crippen LogP contribution is -2.52. The first kappa shape index (κ1) is 20.6. The molecule has 1 aromatic rings. The average Bonchev–Trinajstić information content (AvgIpc) is 3.26. The molecule has 31 heavy (non-hydrogen) atoms. The minimum atomic E-state index is -0.571. The Hall–Kier alpha value is -2.29. The van der Waals surface area contributed by atoms with Crippen molar-refractivity contribution in [3.63, 3.8) is 0 Å². The number of hydrogen-bond acceptors (Lipinski definition) is 6. The molecule has 4 aliphatic heterocycles. The van der Waals surface area contributed by atoms with E-state index in [0.717, 1.165) is 56.8 Å². The Morgan fingerprint density at radius 3 is 2.74 bits per heavy atom. The smallest absolute Gasteiger partial charge is 0.255 e. The third-order valence-corrected chi connectivity index (χ3v) is 7.65. The highest BCUT2D eigenvalue weighted by Gasteiger charge is 2.46. The highest BCUT2D eigenvalue weighted by atomic mass is 16.5. The van der Waals surface area contributed by atoms with Crippen molar-refractivity contribution in [2.24, 2.45) is 17.1 Å². The third-order valence-electron chi connectivity index (χ3n) is 7.65. The van der Waals surface area contributed by atoms with Gasteiger partial charge in [0.1, 0.15) is 6.04 Å². The van der Waals surface area contributed by atoms with Crippen LogP contribution in [0.3, 0.4) is 0 Å². The number of amides is 3. The molecule has 3 fully saturated rings. The van der Waals surface area contributed by atoms with Gasteiger partial charge in [-0.2, -0.15) is 0 Å². The summed E-state index contributed by atoms with van der Waals surface area (Å²) in [5.41, 5.74) is 9.11. The molecule has 0 bridgehead atoms. The third kappa shape index (κ3) is 3.66. The van der Waals surface area contributed by atoms with Crippen LogP contribution in [0.4, 0.5) is 0 Å². The van der Waals surface area contributed by atoms with E-state index in [1.165, 1.54) is 0 Å². The number of fused-ring (bicyclic) bond motifs is 1. The van der Waals surface area contributed by atoms with Gasteiger partial charge in [0.15, 0.2) is 0 Å². The summed E-state index contributed by atoms with van der Waals surface area (Å²) in [6.07, 6.45) is 2.78. The zero-order valence-corrected chi connectivity index (χ0v) is 17.8. The van der Waals surface area contributed by atoms with Crippen molar-refractivity contribution in [3.05, 3.63) is 34.9 Å². The number of rotatable bonds is 4. The second kappa shape index (κ2) is 8.00. The van der Waals surface area contributed by atoms with Crippen molar-refractivity contribution < 1.29 is 19.1 Å². The number of ether oxygens (including phenoxy) is 1. The Morgan fingerprint density at radius 1 is 1.19 bits per heavy atom. The summed E-state index contributed by atoms with van der Waals surface area (Å²) >= 11 is 0. The second-order valence-electron chi connectivity index (χ2n) is 9.47. The van der Waals surface area contributed by atoms with E-state index in [1.807, 2.05) is 12.1 Å². The predicted octanol–water partition coefficient (Wildman–Crippen LogP) is 0.635. The number of nitrogens with zero attached hydrogens (tertiary/aromatic N) is 2. The van der Waals surface area contributed by atoms with Gasteiger partial charge in [-0.15, -0.1) is 0 Å². The van der Waals surface area contributed by atoms with Gasteiger partial charge in [0.25, 0.3) is 5.91 Å². The lowest BCUT2D eigenvalue weighted by Gasteiger charge is -2.37. The van der Waals surface area contributed by atoms with Crippen LogP contribution >= 0.6 is 0 Å². The molecule has 8 nitrogen and oxygen atoms in total. The van der Waals surface area contributed by atoms with Crippen LogP contribution in [-0.2, 0) is 27.4 Å². The SMILES string of the molecule is NCC1CN(Cc2ccc3c(c2)C(=O)N(C2CCC(=O)NC2=O)C3)CC12CCOCC2. The highest BCUT2D eigenvalue weighted by Crippen LogP contribution is 2.44. The molecular weight excluding hydrogens is 396 g/mol. The highest BCUT2D eigenvalue weighted by molar-refractivity contribution is 6.05. The molecule has 4 heterocycles. The van der Waals surface area contributed by atoms with Crippen LogP contribution in [0.2, 0.25) is 0 Å². The van der Waals surface area contributed by atoms with Crippen molar-refractivity contribution in [3.8, 4) is 0 Å². The lowest BCUT2D eigenvalue weighted by atomic mass is 9.72. The van der Waals surface area contributed by atoms with Crippen molar-refractivity contribution >= 4 is 17.7 Å². The molecular formula is C23H30N4O4. The molecule has 0 saturated carbocycles. The number of hydrogen-bond donors (Lipinski definition) is 2. The summed E-state index contributed by atoms with van der Waals surface area (Å²) in [6, 6.07) is 5.51. The van der Waals surface area contributed by atoms with Crippen LogP contribution in [-0.4, -0.2) is 66.4 Å². The second-order valence-corrected chi connectivity index (χ2v) is 9.47. The molecule has 1 aromatic carbocycles. The molecule has 1 spiro atoms. The molecule has 3 amide bonds. The summed E-state index contributed by atoms with van der Waals surface area (Å²) in [7, 11) is 0. The molecule has 0 aromatic heterocycles. The van der Waals surface area contributed by atoms with Gasteiger partial charge in [0.2, 0.25) is 11.8 Å². The van der Waals surface area contributed by atoms with Crippen molar-refractivity contribution in [2.45, 2.75) is 44.8 Å². The molecule has 8 heteroatoms. The van der Waals surface area contributed by atoms with E-state index in [2.05, 4.69) is 16.3 Å². The van der Waals surface area contributed by atoms with Crippen LogP contribution in [0.1, 0.15) is 47.2 Å². The zero-order valence-electron chi connectivity index (χ0n) is 17.8. The van der Waals surface area contributed by atoms with Gasteiger partial charge in [-0.3, -0.25) is 24.6 Å². The molecule has 0 radical (unpaired) electrons. The van der Waals surface area contributed by atoms with Crippen molar-refractivity contribution in [1.29, 1.82) is 0 Å². The van der Waals surface area contributed by atoms with Gasteiger partial charge >= 0.3 is 0 Å².